The molecule has 1 heterocycles. The van der Waals surface area contributed by atoms with Crippen molar-refractivity contribution in [2.24, 2.45) is 0 Å². The number of anilines is 1. The minimum atomic E-state index is -0.785. The number of nitrogens with one attached hydrogen (secondary N) is 1. The lowest BCUT2D eigenvalue weighted by Gasteiger charge is -2.22. The summed E-state index contributed by atoms with van der Waals surface area (Å²) in [6.07, 6.45) is 10.1. The van der Waals surface area contributed by atoms with E-state index in [9.17, 15) is 4.79 Å². The molecular weight excluding hydrogens is 258 g/mol. The minimum absolute atomic E-state index is 0.151. The molecule has 1 fully saturated rings. The summed E-state index contributed by atoms with van der Waals surface area (Å²) in [6.45, 7) is 0.563. The number of carboxylic acid groups (broad SMARTS) is 1. The molecule has 1 saturated carbocycles. The highest BCUT2D eigenvalue weighted by Gasteiger charge is 2.15. The van der Waals surface area contributed by atoms with E-state index in [2.05, 4.69) is 15.3 Å². The standard InChI is InChI=1S/C14H21N3O3/c18-14(19)7-4-8-16-12-9-15-10-13(17-12)20-11-5-2-1-3-6-11/h9-11H,1-8H2,(H,16,17)(H,18,19). The molecule has 2 N–H and O–H groups in total. The molecule has 2 rings (SSSR count). The summed E-state index contributed by atoms with van der Waals surface area (Å²) in [7, 11) is 0. The van der Waals surface area contributed by atoms with Gasteiger partial charge in [0, 0.05) is 13.0 Å². The van der Waals surface area contributed by atoms with Crippen molar-refractivity contribution in [1.29, 1.82) is 0 Å². The topological polar surface area (TPSA) is 84.3 Å². The third-order valence-electron chi connectivity index (χ3n) is 3.33. The number of nitrogens with zero attached hydrogens (tertiary/aromatic N) is 2. The van der Waals surface area contributed by atoms with Crippen molar-refractivity contribution >= 4 is 11.8 Å². The molecule has 0 atom stereocenters. The Bertz CT molecular complexity index is 433. The summed E-state index contributed by atoms with van der Waals surface area (Å²) in [5.41, 5.74) is 0. The molecule has 0 unspecified atom stereocenters. The maximum Gasteiger partial charge on any atom is 0.303 e. The molecule has 0 spiro atoms. The summed E-state index contributed by atoms with van der Waals surface area (Å²) in [5.74, 6) is 0.385. The Kier molecular flexibility index (Phi) is 5.58. The molecule has 6 nitrogen and oxygen atoms in total. The highest BCUT2D eigenvalue weighted by Crippen LogP contribution is 2.22. The first kappa shape index (κ1) is 14.6. The summed E-state index contributed by atoms with van der Waals surface area (Å²) in [5, 5.41) is 11.6. The summed E-state index contributed by atoms with van der Waals surface area (Å²) < 4.78 is 5.83. The first-order chi connectivity index (χ1) is 9.74. The highest BCUT2D eigenvalue weighted by molar-refractivity contribution is 5.66. The van der Waals surface area contributed by atoms with E-state index in [4.69, 9.17) is 9.84 Å². The van der Waals surface area contributed by atoms with Crippen LogP contribution in [-0.2, 0) is 4.79 Å². The smallest absolute Gasteiger partial charge is 0.303 e. The molecule has 0 saturated heterocycles. The van der Waals surface area contributed by atoms with Crippen LogP contribution in [-0.4, -0.2) is 33.7 Å². The van der Waals surface area contributed by atoms with E-state index in [0.29, 0.717) is 24.7 Å². The first-order valence-electron chi connectivity index (χ1n) is 7.18. The molecule has 20 heavy (non-hydrogen) atoms. The fraction of sp³-hybridized carbons (Fsp3) is 0.643. The van der Waals surface area contributed by atoms with Crippen molar-refractivity contribution in [3.05, 3.63) is 12.4 Å². The van der Waals surface area contributed by atoms with Gasteiger partial charge in [0.2, 0.25) is 5.88 Å². The predicted molar refractivity (Wildman–Crippen MR) is 74.9 cm³/mol. The van der Waals surface area contributed by atoms with Gasteiger partial charge in [-0.25, -0.2) is 0 Å². The van der Waals surface area contributed by atoms with E-state index in [1.54, 1.807) is 12.4 Å². The Labute approximate surface area is 118 Å². The van der Waals surface area contributed by atoms with E-state index in [0.717, 1.165) is 12.8 Å². The number of aromatic nitrogens is 2. The lowest BCUT2D eigenvalue weighted by atomic mass is 9.98. The van der Waals surface area contributed by atoms with Gasteiger partial charge in [-0.05, 0) is 32.1 Å². The summed E-state index contributed by atoms with van der Waals surface area (Å²) in [4.78, 5) is 18.8. The van der Waals surface area contributed by atoms with Gasteiger partial charge in [-0.2, -0.15) is 4.98 Å². The number of ether oxygens (including phenoxy) is 1. The van der Waals surface area contributed by atoms with Crippen molar-refractivity contribution in [3.63, 3.8) is 0 Å². The zero-order valence-corrected chi connectivity index (χ0v) is 11.5. The van der Waals surface area contributed by atoms with Gasteiger partial charge in [-0.3, -0.25) is 9.78 Å². The highest BCUT2D eigenvalue weighted by atomic mass is 16.5. The lowest BCUT2D eigenvalue weighted by Crippen LogP contribution is -2.20. The Morgan fingerprint density at radius 1 is 1.35 bits per heavy atom. The largest absolute Gasteiger partial charge is 0.481 e. The number of carbonyl (C=O) groups is 1. The van der Waals surface area contributed by atoms with Gasteiger partial charge in [-0.15, -0.1) is 0 Å². The van der Waals surface area contributed by atoms with Crippen LogP contribution in [0.4, 0.5) is 5.82 Å². The number of hydrogen-bond donors (Lipinski definition) is 2. The molecule has 1 aliphatic rings. The van der Waals surface area contributed by atoms with Gasteiger partial charge in [0.25, 0.3) is 0 Å². The normalized spacial score (nSPS) is 15.8. The minimum Gasteiger partial charge on any atom is -0.481 e. The molecule has 1 aromatic rings. The van der Waals surface area contributed by atoms with Gasteiger partial charge < -0.3 is 15.2 Å². The van der Waals surface area contributed by atoms with Crippen molar-refractivity contribution in [3.8, 4) is 5.88 Å². The SMILES string of the molecule is O=C(O)CCCNc1cncc(OC2CCCCC2)n1. The van der Waals surface area contributed by atoms with Crippen molar-refractivity contribution in [2.75, 3.05) is 11.9 Å². The van der Waals surface area contributed by atoms with Gasteiger partial charge in [0.05, 0.1) is 12.4 Å². The van der Waals surface area contributed by atoms with E-state index >= 15 is 0 Å². The third-order valence-corrected chi connectivity index (χ3v) is 3.33. The molecule has 1 aromatic heterocycles. The average Bonchev–Trinajstić information content (AvgIpc) is 2.45. The maximum atomic E-state index is 10.4. The van der Waals surface area contributed by atoms with Crippen LogP contribution in [0.1, 0.15) is 44.9 Å². The van der Waals surface area contributed by atoms with Crippen LogP contribution in [0.25, 0.3) is 0 Å². The summed E-state index contributed by atoms with van der Waals surface area (Å²) >= 11 is 0. The number of aliphatic carboxylic acids is 1. The average molecular weight is 279 g/mol. The number of carboxylic acids is 1. The lowest BCUT2D eigenvalue weighted by molar-refractivity contribution is -0.137. The molecule has 0 radical (unpaired) electrons. The van der Waals surface area contributed by atoms with Crippen molar-refractivity contribution < 1.29 is 14.6 Å². The van der Waals surface area contributed by atoms with Crippen molar-refractivity contribution in [1.82, 2.24) is 9.97 Å². The fourth-order valence-electron chi connectivity index (χ4n) is 2.30. The van der Waals surface area contributed by atoms with Crippen LogP contribution in [0, 0.1) is 0 Å². The third kappa shape index (κ3) is 5.03. The number of hydrogen-bond acceptors (Lipinski definition) is 5. The zero-order chi connectivity index (χ0) is 14.2. The molecule has 0 bridgehead atoms. The van der Waals surface area contributed by atoms with E-state index in [1.165, 1.54) is 19.3 Å². The molecule has 110 valence electrons. The Hall–Kier alpha value is -1.85. The quantitative estimate of drug-likeness (QED) is 0.746. The molecule has 1 aliphatic carbocycles. The second-order valence-electron chi connectivity index (χ2n) is 5.04. The fourth-order valence-corrected chi connectivity index (χ4v) is 2.30. The van der Waals surface area contributed by atoms with Crippen LogP contribution in [0.2, 0.25) is 0 Å². The van der Waals surface area contributed by atoms with Gasteiger partial charge >= 0.3 is 5.97 Å². The van der Waals surface area contributed by atoms with Crippen LogP contribution < -0.4 is 10.1 Å². The second kappa shape index (κ2) is 7.67. The Morgan fingerprint density at radius 2 is 2.15 bits per heavy atom. The zero-order valence-electron chi connectivity index (χ0n) is 11.5. The van der Waals surface area contributed by atoms with E-state index in [-0.39, 0.29) is 12.5 Å². The van der Waals surface area contributed by atoms with Crippen LogP contribution in [0.15, 0.2) is 12.4 Å². The predicted octanol–water partition coefficient (Wildman–Crippen LogP) is 2.46. The molecule has 6 heteroatoms. The van der Waals surface area contributed by atoms with Crippen LogP contribution in [0.3, 0.4) is 0 Å². The second-order valence-corrected chi connectivity index (χ2v) is 5.04. The van der Waals surface area contributed by atoms with E-state index < -0.39 is 5.97 Å². The van der Waals surface area contributed by atoms with Crippen LogP contribution >= 0.6 is 0 Å². The first-order valence-corrected chi connectivity index (χ1v) is 7.18. The van der Waals surface area contributed by atoms with Gasteiger partial charge in [0.1, 0.15) is 11.9 Å². The van der Waals surface area contributed by atoms with Crippen LogP contribution in [0.5, 0.6) is 5.88 Å². The van der Waals surface area contributed by atoms with Crippen molar-refractivity contribution in [2.45, 2.75) is 51.0 Å². The van der Waals surface area contributed by atoms with Gasteiger partial charge in [-0.1, -0.05) is 6.42 Å². The summed E-state index contributed by atoms with van der Waals surface area (Å²) in [6, 6.07) is 0. The molecule has 0 aromatic carbocycles. The Balaban J connectivity index is 1.79. The number of rotatable bonds is 7. The monoisotopic (exact) mass is 279 g/mol. The molecule has 0 amide bonds. The molecule has 0 aliphatic heterocycles. The Morgan fingerprint density at radius 3 is 2.90 bits per heavy atom. The van der Waals surface area contributed by atoms with Gasteiger partial charge in [0.15, 0.2) is 0 Å². The van der Waals surface area contributed by atoms with E-state index in [1.807, 2.05) is 0 Å². The molecular formula is C14H21N3O3. The maximum absolute atomic E-state index is 10.4.